The summed E-state index contributed by atoms with van der Waals surface area (Å²) in [6.45, 7) is 5.74. The second kappa shape index (κ2) is 11.4. The van der Waals surface area contributed by atoms with Gasteiger partial charge in [0.15, 0.2) is 0 Å². The molecule has 0 atom stereocenters. The number of carbonyl (C=O) groups is 2. The van der Waals surface area contributed by atoms with E-state index in [1.807, 2.05) is 54.3 Å². The average molecular weight is 494 g/mol. The Balaban J connectivity index is 1.51. The van der Waals surface area contributed by atoms with Crippen molar-refractivity contribution in [3.63, 3.8) is 0 Å². The van der Waals surface area contributed by atoms with Crippen LogP contribution in [0.25, 0.3) is 5.69 Å². The highest BCUT2D eigenvalue weighted by molar-refractivity contribution is 6.34. The van der Waals surface area contributed by atoms with Gasteiger partial charge in [0, 0.05) is 19.2 Å². The number of anilines is 2. The van der Waals surface area contributed by atoms with Gasteiger partial charge in [0.05, 0.1) is 28.5 Å². The van der Waals surface area contributed by atoms with Gasteiger partial charge in [-0.3, -0.25) is 10.1 Å². The summed E-state index contributed by atoms with van der Waals surface area (Å²) in [5.41, 5.74) is 4.12. The fourth-order valence-electron chi connectivity index (χ4n) is 4.22. The zero-order valence-electron chi connectivity index (χ0n) is 20.3. The lowest BCUT2D eigenvalue weighted by atomic mass is 10.1. The molecule has 4 rings (SSSR count). The van der Waals surface area contributed by atoms with Gasteiger partial charge < -0.3 is 10.2 Å². The number of carbonyl (C=O) groups excluding carboxylic acids is 2. The lowest BCUT2D eigenvalue weighted by molar-refractivity contribution is -0.129. The Morgan fingerprint density at radius 1 is 1.06 bits per heavy atom. The highest BCUT2D eigenvalue weighted by Gasteiger charge is 2.18. The number of rotatable bonds is 8. The van der Waals surface area contributed by atoms with Crippen LogP contribution in [-0.4, -0.2) is 39.7 Å². The summed E-state index contributed by atoms with van der Waals surface area (Å²) in [4.78, 5) is 27.2. The molecular weight excluding hydrogens is 462 g/mol. The lowest BCUT2D eigenvalue weighted by Gasteiger charge is -2.15. The zero-order chi connectivity index (χ0) is 24.8. The summed E-state index contributed by atoms with van der Waals surface area (Å²) in [6, 6.07) is 14.8. The molecule has 1 saturated heterocycles. The van der Waals surface area contributed by atoms with Gasteiger partial charge in [0.25, 0.3) is 0 Å². The third kappa shape index (κ3) is 6.22. The normalized spacial score (nSPS) is 13.2. The lowest BCUT2D eigenvalue weighted by Crippen LogP contribution is -2.29. The van der Waals surface area contributed by atoms with Crippen LogP contribution in [0.3, 0.4) is 0 Å². The van der Waals surface area contributed by atoms with Crippen LogP contribution in [0.1, 0.15) is 49.4 Å². The van der Waals surface area contributed by atoms with Crippen LogP contribution in [-0.2, 0) is 17.6 Å². The topological polar surface area (TPSA) is 79.3 Å². The van der Waals surface area contributed by atoms with E-state index in [1.165, 1.54) is 0 Å². The van der Waals surface area contributed by atoms with Gasteiger partial charge in [0.2, 0.25) is 5.91 Å². The Morgan fingerprint density at radius 2 is 1.80 bits per heavy atom. The molecule has 0 aliphatic carbocycles. The Bertz CT molecular complexity index is 1180. The van der Waals surface area contributed by atoms with Crippen LogP contribution < -0.4 is 10.6 Å². The van der Waals surface area contributed by atoms with E-state index in [-0.39, 0.29) is 5.91 Å². The molecule has 1 aliphatic heterocycles. The molecule has 8 heteroatoms. The number of unbranched alkanes of at least 4 members (excludes halogenated alkanes) is 1. The molecule has 184 valence electrons. The van der Waals surface area contributed by atoms with Gasteiger partial charge in [-0.15, -0.1) is 0 Å². The van der Waals surface area contributed by atoms with E-state index in [0.717, 1.165) is 67.7 Å². The van der Waals surface area contributed by atoms with Crippen molar-refractivity contribution in [3.8, 4) is 5.69 Å². The second-order valence-electron chi connectivity index (χ2n) is 8.98. The van der Waals surface area contributed by atoms with Crippen LogP contribution in [0.4, 0.5) is 16.3 Å². The van der Waals surface area contributed by atoms with E-state index in [9.17, 15) is 9.59 Å². The van der Waals surface area contributed by atoms with Crippen molar-refractivity contribution in [3.05, 3.63) is 70.4 Å². The number of hydrogen-bond acceptors (Lipinski definition) is 3. The van der Waals surface area contributed by atoms with Crippen molar-refractivity contribution in [2.45, 2.75) is 52.4 Å². The van der Waals surface area contributed by atoms with Gasteiger partial charge in [-0.05, 0) is 61.9 Å². The van der Waals surface area contributed by atoms with E-state index in [2.05, 4.69) is 17.6 Å². The summed E-state index contributed by atoms with van der Waals surface area (Å²) in [6.07, 6.45) is 5.46. The summed E-state index contributed by atoms with van der Waals surface area (Å²) >= 11 is 6.33. The quantitative estimate of drug-likeness (QED) is 0.404. The molecule has 0 bridgehead atoms. The first-order valence-corrected chi connectivity index (χ1v) is 12.6. The number of nitrogens with one attached hydrogen (secondary N) is 2. The monoisotopic (exact) mass is 493 g/mol. The van der Waals surface area contributed by atoms with Gasteiger partial charge in [-0.25, -0.2) is 9.48 Å². The van der Waals surface area contributed by atoms with Crippen LogP contribution in [0, 0.1) is 6.92 Å². The van der Waals surface area contributed by atoms with Gasteiger partial charge in [-0.1, -0.05) is 49.2 Å². The maximum absolute atomic E-state index is 12.8. The number of likely N-dealkylation sites (tertiary alicyclic amines) is 1. The van der Waals surface area contributed by atoms with E-state index >= 15 is 0 Å². The fraction of sp³-hybridized carbons (Fsp3) is 0.370. The van der Waals surface area contributed by atoms with E-state index in [4.69, 9.17) is 16.7 Å². The molecule has 2 N–H and O–H groups in total. The minimum absolute atomic E-state index is 0.171. The minimum Gasteiger partial charge on any atom is -0.342 e. The van der Waals surface area contributed by atoms with E-state index in [0.29, 0.717) is 22.9 Å². The SMILES string of the molecule is CCCCc1cc(NC(=O)Nc2cccc(C)c2Cl)n(-c2ccc(CC(=O)N3CCCC3)cc2)n1. The maximum atomic E-state index is 12.8. The van der Waals surface area contributed by atoms with Crippen molar-refractivity contribution in [2.24, 2.45) is 0 Å². The van der Waals surface area contributed by atoms with Gasteiger partial charge in [-0.2, -0.15) is 5.10 Å². The number of benzene rings is 2. The highest BCUT2D eigenvalue weighted by atomic mass is 35.5. The number of nitrogens with zero attached hydrogens (tertiary/aromatic N) is 3. The van der Waals surface area contributed by atoms with Crippen LogP contribution >= 0.6 is 11.6 Å². The maximum Gasteiger partial charge on any atom is 0.324 e. The predicted molar refractivity (Wildman–Crippen MR) is 141 cm³/mol. The summed E-state index contributed by atoms with van der Waals surface area (Å²) in [5, 5.41) is 11.0. The largest absolute Gasteiger partial charge is 0.342 e. The van der Waals surface area contributed by atoms with Crippen LogP contribution in [0.15, 0.2) is 48.5 Å². The van der Waals surface area contributed by atoms with Gasteiger partial charge >= 0.3 is 6.03 Å². The molecule has 3 amide bonds. The average Bonchev–Trinajstić information content (AvgIpc) is 3.52. The first-order valence-electron chi connectivity index (χ1n) is 12.2. The van der Waals surface area contributed by atoms with Crippen LogP contribution in [0.5, 0.6) is 0 Å². The summed E-state index contributed by atoms with van der Waals surface area (Å²) < 4.78 is 1.73. The smallest absolute Gasteiger partial charge is 0.324 e. The highest BCUT2D eigenvalue weighted by Crippen LogP contribution is 2.26. The molecule has 0 unspecified atom stereocenters. The third-order valence-corrected chi connectivity index (χ3v) is 6.72. The van der Waals surface area contributed by atoms with E-state index < -0.39 is 6.03 Å². The fourth-order valence-corrected chi connectivity index (χ4v) is 4.39. The Morgan fingerprint density at radius 3 is 2.51 bits per heavy atom. The van der Waals surface area contributed by atoms with Crippen molar-refractivity contribution >= 4 is 35.0 Å². The molecule has 1 fully saturated rings. The molecule has 2 heterocycles. The third-order valence-electron chi connectivity index (χ3n) is 6.22. The van der Waals surface area contributed by atoms with Crippen molar-refractivity contribution < 1.29 is 9.59 Å². The van der Waals surface area contributed by atoms with Crippen molar-refractivity contribution in [1.82, 2.24) is 14.7 Å². The Kier molecular flexibility index (Phi) is 8.08. The first kappa shape index (κ1) is 24.8. The molecule has 7 nitrogen and oxygen atoms in total. The summed E-state index contributed by atoms with van der Waals surface area (Å²) in [5.74, 6) is 0.739. The van der Waals surface area contributed by atoms with Crippen molar-refractivity contribution in [1.29, 1.82) is 0 Å². The van der Waals surface area contributed by atoms with Crippen LogP contribution in [0.2, 0.25) is 5.02 Å². The molecule has 35 heavy (non-hydrogen) atoms. The molecular formula is C27H32ClN5O2. The Labute approximate surface area is 211 Å². The first-order chi connectivity index (χ1) is 16.9. The number of aromatic nitrogens is 2. The van der Waals surface area contributed by atoms with E-state index in [1.54, 1.807) is 10.7 Å². The predicted octanol–water partition coefficient (Wildman–Crippen LogP) is 5.99. The number of aryl methyl sites for hydroxylation is 2. The molecule has 3 aromatic rings. The molecule has 2 aromatic carbocycles. The minimum atomic E-state index is -0.395. The van der Waals surface area contributed by atoms with Crippen molar-refractivity contribution in [2.75, 3.05) is 23.7 Å². The molecule has 0 radical (unpaired) electrons. The number of amides is 3. The van der Waals surface area contributed by atoms with Gasteiger partial charge in [0.1, 0.15) is 5.82 Å². The number of halogens is 1. The Hall–Kier alpha value is -3.32. The second-order valence-corrected chi connectivity index (χ2v) is 9.36. The number of hydrogen-bond donors (Lipinski definition) is 2. The molecule has 0 spiro atoms. The summed E-state index contributed by atoms with van der Waals surface area (Å²) in [7, 11) is 0. The zero-order valence-corrected chi connectivity index (χ0v) is 21.1. The standard InChI is InChI=1S/C27H32ClN5O2/c1-3-4-9-21-18-24(30-27(35)29-23-10-7-8-19(2)26(23)28)33(31-21)22-13-11-20(12-14-22)17-25(34)32-15-5-6-16-32/h7-8,10-14,18H,3-6,9,15-17H2,1-2H3,(H2,29,30,35). The molecule has 1 aliphatic rings. The molecule has 0 saturated carbocycles. The number of urea groups is 1. The molecule has 1 aromatic heterocycles.